The summed E-state index contributed by atoms with van der Waals surface area (Å²) in [6.45, 7) is 8.22. The molecule has 0 unspecified atom stereocenters. The Morgan fingerprint density at radius 3 is 2.40 bits per heavy atom. The van der Waals surface area contributed by atoms with Crippen LogP contribution in [0.5, 0.6) is 0 Å². The quantitative estimate of drug-likeness (QED) is 0.357. The molecule has 1 rings (SSSR count). The van der Waals surface area contributed by atoms with Gasteiger partial charge < -0.3 is 20.7 Å². The summed E-state index contributed by atoms with van der Waals surface area (Å²) < 4.78 is 18.2. The minimum atomic E-state index is -0.328. The molecule has 0 radical (unpaired) electrons. The van der Waals surface area contributed by atoms with Crippen molar-refractivity contribution in [3.8, 4) is 0 Å². The summed E-state index contributed by atoms with van der Waals surface area (Å²) in [5, 5.41) is 9.13. The highest BCUT2D eigenvalue weighted by Gasteiger charge is 2.15. The molecule has 1 aromatic carbocycles. The Morgan fingerprint density at radius 1 is 1.16 bits per heavy atom. The van der Waals surface area contributed by atoms with E-state index in [9.17, 15) is 9.18 Å². The first-order chi connectivity index (χ1) is 11.9. The van der Waals surface area contributed by atoms with E-state index in [-0.39, 0.29) is 23.7 Å². The molecule has 0 aromatic heterocycles. The van der Waals surface area contributed by atoms with Gasteiger partial charge in [-0.05, 0) is 38.5 Å². The maximum atomic E-state index is 12.8. The normalized spacial score (nSPS) is 12.0. The lowest BCUT2D eigenvalue weighted by atomic mass is 10.1. The van der Waals surface area contributed by atoms with Crippen LogP contribution in [0.2, 0.25) is 0 Å². The van der Waals surface area contributed by atoms with Crippen molar-refractivity contribution in [3.63, 3.8) is 0 Å². The van der Waals surface area contributed by atoms with E-state index in [4.69, 9.17) is 4.74 Å². The molecule has 25 heavy (non-hydrogen) atoms. The van der Waals surface area contributed by atoms with E-state index in [1.807, 2.05) is 20.8 Å². The number of amides is 1. The molecule has 1 amide bonds. The summed E-state index contributed by atoms with van der Waals surface area (Å²) in [4.78, 5) is 16.3. The van der Waals surface area contributed by atoms with E-state index >= 15 is 0 Å². The molecule has 6 nitrogen and oxygen atoms in total. The largest absolute Gasteiger partial charge is 0.377 e. The predicted molar refractivity (Wildman–Crippen MR) is 98.2 cm³/mol. The maximum absolute atomic E-state index is 12.8. The molecule has 0 aliphatic rings. The van der Waals surface area contributed by atoms with Gasteiger partial charge in [-0.1, -0.05) is 12.1 Å². The van der Waals surface area contributed by atoms with Crippen molar-refractivity contribution in [1.29, 1.82) is 0 Å². The minimum absolute atomic E-state index is 0.101. The van der Waals surface area contributed by atoms with Crippen LogP contribution in [-0.4, -0.2) is 50.8 Å². The van der Waals surface area contributed by atoms with E-state index < -0.39 is 0 Å². The zero-order valence-electron chi connectivity index (χ0n) is 15.5. The molecule has 0 fully saturated rings. The zero-order chi connectivity index (χ0) is 18.7. The van der Waals surface area contributed by atoms with Crippen molar-refractivity contribution in [2.75, 3.05) is 33.3 Å². The summed E-state index contributed by atoms with van der Waals surface area (Å²) in [6.07, 6.45) is 0.233. The molecular weight excluding hydrogens is 323 g/mol. The van der Waals surface area contributed by atoms with Gasteiger partial charge in [-0.2, -0.15) is 0 Å². The molecule has 1 aromatic rings. The van der Waals surface area contributed by atoms with Crippen molar-refractivity contribution in [2.24, 2.45) is 4.99 Å². The SMILES string of the molecule is CCNC(=NCC(C)(C)OC)NCCNC(=O)Cc1ccc(F)cc1. The van der Waals surface area contributed by atoms with Gasteiger partial charge >= 0.3 is 0 Å². The van der Waals surface area contributed by atoms with Gasteiger partial charge in [-0.25, -0.2) is 4.39 Å². The number of carbonyl (C=O) groups is 1. The van der Waals surface area contributed by atoms with Crippen LogP contribution in [0.3, 0.4) is 0 Å². The summed E-state index contributed by atoms with van der Waals surface area (Å²) in [5.74, 6) is 0.275. The van der Waals surface area contributed by atoms with Gasteiger partial charge in [-0.3, -0.25) is 9.79 Å². The van der Waals surface area contributed by atoms with E-state index in [0.717, 1.165) is 12.1 Å². The molecule has 7 heteroatoms. The van der Waals surface area contributed by atoms with Crippen LogP contribution in [0.1, 0.15) is 26.3 Å². The fourth-order valence-electron chi connectivity index (χ4n) is 1.91. The van der Waals surface area contributed by atoms with Crippen LogP contribution in [0.25, 0.3) is 0 Å². The second kappa shape index (κ2) is 10.7. The van der Waals surface area contributed by atoms with Crippen LogP contribution >= 0.6 is 0 Å². The number of guanidine groups is 1. The van der Waals surface area contributed by atoms with Crippen LogP contribution in [-0.2, 0) is 16.0 Å². The fraction of sp³-hybridized carbons (Fsp3) is 0.556. The van der Waals surface area contributed by atoms with Gasteiger partial charge in [0.2, 0.25) is 5.91 Å². The average Bonchev–Trinajstić information content (AvgIpc) is 2.58. The Hall–Kier alpha value is -2.15. The standard InChI is InChI=1S/C18H29FN4O2/c1-5-20-17(23-13-18(2,3)25-4)22-11-10-21-16(24)12-14-6-8-15(19)9-7-14/h6-9H,5,10-13H2,1-4H3,(H,21,24)(H2,20,22,23). The van der Waals surface area contributed by atoms with Crippen LogP contribution in [0.15, 0.2) is 29.3 Å². The predicted octanol–water partition coefficient (Wildman–Crippen LogP) is 1.46. The van der Waals surface area contributed by atoms with E-state index in [1.54, 1.807) is 19.2 Å². The second-order valence-corrected chi connectivity index (χ2v) is 6.24. The third-order valence-corrected chi connectivity index (χ3v) is 3.53. The third-order valence-electron chi connectivity index (χ3n) is 3.53. The molecule has 0 aliphatic carbocycles. The number of benzene rings is 1. The lowest BCUT2D eigenvalue weighted by molar-refractivity contribution is -0.120. The molecule has 0 atom stereocenters. The Bertz CT molecular complexity index is 559. The topological polar surface area (TPSA) is 74.8 Å². The number of ether oxygens (including phenoxy) is 1. The number of rotatable bonds is 9. The smallest absolute Gasteiger partial charge is 0.224 e. The van der Waals surface area contributed by atoms with Gasteiger partial charge in [-0.15, -0.1) is 0 Å². The summed E-state index contributed by atoms with van der Waals surface area (Å²) >= 11 is 0. The van der Waals surface area contributed by atoms with Crippen molar-refractivity contribution < 1.29 is 13.9 Å². The van der Waals surface area contributed by atoms with Crippen molar-refractivity contribution in [2.45, 2.75) is 32.8 Å². The van der Waals surface area contributed by atoms with Gasteiger partial charge in [0.05, 0.1) is 18.6 Å². The highest BCUT2D eigenvalue weighted by molar-refractivity contribution is 5.80. The fourth-order valence-corrected chi connectivity index (χ4v) is 1.91. The maximum Gasteiger partial charge on any atom is 0.224 e. The highest BCUT2D eigenvalue weighted by atomic mass is 19.1. The number of methoxy groups -OCH3 is 1. The van der Waals surface area contributed by atoms with Crippen molar-refractivity contribution >= 4 is 11.9 Å². The molecule has 3 N–H and O–H groups in total. The number of hydrogen-bond donors (Lipinski definition) is 3. The number of halogens is 1. The Labute approximate surface area is 149 Å². The summed E-state index contributed by atoms with van der Waals surface area (Å²) in [7, 11) is 1.66. The van der Waals surface area contributed by atoms with E-state index in [1.165, 1.54) is 12.1 Å². The van der Waals surface area contributed by atoms with E-state index in [0.29, 0.717) is 25.6 Å². The van der Waals surface area contributed by atoms with Crippen LogP contribution in [0, 0.1) is 5.82 Å². The van der Waals surface area contributed by atoms with Gasteiger partial charge in [0, 0.05) is 26.7 Å². The van der Waals surface area contributed by atoms with Crippen LogP contribution < -0.4 is 16.0 Å². The Kier molecular flexibility index (Phi) is 8.91. The molecule has 140 valence electrons. The summed E-state index contributed by atoms with van der Waals surface area (Å²) in [5.41, 5.74) is 0.453. The van der Waals surface area contributed by atoms with Crippen molar-refractivity contribution in [1.82, 2.24) is 16.0 Å². The monoisotopic (exact) mass is 352 g/mol. The number of nitrogens with zero attached hydrogens (tertiary/aromatic N) is 1. The highest BCUT2D eigenvalue weighted by Crippen LogP contribution is 2.06. The first-order valence-corrected chi connectivity index (χ1v) is 8.45. The lowest BCUT2D eigenvalue weighted by Gasteiger charge is -2.21. The molecular formula is C18H29FN4O2. The molecule has 0 bridgehead atoms. The van der Waals surface area contributed by atoms with Crippen molar-refractivity contribution in [3.05, 3.63) is 35.6 Å². The number of aliphatic imine (C=N–C) groups is 1. The first-order valence-electron chi connectivity index (χ1n) is 8.45. The zero-order valence-corrected chi connectivity index (χ0v) is 15.5. The van der Waals surface area contributed by atoms with Crippen LogP contribution in [0.4, 0.5) is 4.39 Å². The average molecular weight is 352 g/mol. The Balaban J connectivity index is 2.34. The second-order valence-electron chi connectivity index (χ2n) is 6.24. The molecule has 0 saturated heterocycles. The molecule has 0 aliphatic heterocycles. The van der Waals surface area contributed by atoms with Gasteiger partial charge in [0.15, 0.2) is 5.96 Å². The third kappa shape index (κ3) is 9.05. The number of carbonyl (C=O) groups excluding carboxylic acids is 1. The molecule has 0 spiro atoms. The van der Waals surface area contributed by atoms with Gasteiger partial charge in [0.25, 0.3) is 0 Å². The number of hydrogen-bond acceptors (Lipinski definition) is 3. The molecule has 0 heterocycles. The lowest BCUT2D eigenvalue weighted by Crippen LogP contribution is -2.42. The van der Waals surface area contributed by atoms with Gasteiger partial charge in [0.1, 0.15) is 5.82 Å². The molecule has 0 saturated carbocycles. The van der Waals surface area contributed by atoms with E-state index in [2.05, 4.69) is 20.9 Å². The number of nitrogens with one attached hydrogen (secondary N) is 3. The summed E-state index contributed by atoms with van der Waals surface area (Å²) in [6, 6.07) is 5.93. The Morgan fingerprint density at radius 2 is 1.80 bits per heavy atom. The first kappa shape index (κ1) is 20.9. The minimum Gasteiger partial charge on any atom is -0.377 e.